The zero-order valence-electron chi connectivity index (χ0n) is 11.6. The van der Waals surface area contributed by atoms with E-state index in [0.29, 0.717) is 0 Å². The predicted molar refractivity (Wildman–Crippen MR) is 81.5 cm³/mol. The Hall–Kier alpha value is -1.17. The van der Waals surface area contributed by atoms with Crippen LogP contribution < -0.4 is 5.73 Å². The fraction of sp³-hybridized carbons (Fsp3) is 0.533. The Labute approximate surface area is 123 Å². The molecule has 3 rings (SSSR count). The minimum Gasteiger partial charge on any atom is -0.355 e. The molecule has 1 aliphatic rings. The molecular formula is C15H21N3OS. The molecule has 0 bridgehead atoms. The normalized spacial score (nSPS) is 20.4. The van der Waals surface area contributed by atoms with Crippen molar-refractivity contribution >= 4 is 11.3 Å². The van der Waals surface area contributed by atoms with Crippen LogP contribution in [0.15, 0.2) is 28.1 Å². The number of nitrogens with two attached hydrogens (primary N) is 1. The largest absolute Gasteiger partial charge is 0.355 e. The Morgan fingerprint density at radius 3 is 3.25 bits per heavy atom. The first-order valence-electron chi connectivity index (χ1n) is 7.27. The highest BCUT2D eigenvalue weighted by molar-refractivity contribution is 7.13. The summed E-state index contributed by atoms with van der Waals surface area (Å²) in [6, 6.07) is 6.16. The average Bonchev–Trinajstić information content (AvgIpc) is 3.10. The molecule has 2 aromatic rings. The summed E-state index contributed by atoms with van der Waals surface area (Å²) >= 11 is 1.68. The fourth-order valence-electron chi connectivity index (χ4n) is 2.92. The smallest absolute Gasteiger partial charge is 0.177 e. The van der Waals surface area contributed by atoms with Gasteiger partial charge in [-0.3, -0.25) is 4.90 Å². The summed E-state index contributed by atoms with van der Waals surface area (Å²) in [7, 11) is 0. The van der Waals surface area contributed by atoms with Gasteiger partial charge in [0.25, 0.3) is 0 Å². The Kier molecular flexibility index (Phi) is 4.50. The van der Waals surface area contributed by atoms with Crippen LogP contribution in [-0.4, -0.2) is 29.7 Å². The monoisotopic (exact) mass is 291 g/mol. The van der Waals surface area contributed by atoms with Crippen LogP contribution in [0.4, 0.5) is 0 Å². The highest BCUT2D eigenvalue weighted by atomic mass is 32.1. The van der Waals surface area contributed by atoms with Crippen molar-refractivity contribution in [3.05, 3.63) is 29.3 Å². The van der Waals surface area contributed by atoms with Crippen molar-refractivity contribution in [3.8, 4) is 10.6 Å². The van der Waals surface area contributed by atoms with Crippen LogP contribution in [0.25, 0.3) is 10.6 Å². The number of aromatic nitrogens is 1. The molecule has 20 heavy (non-hydrogen) atoms. The Balaban J connectivity index is 1.60. The van der Waals surface area contributed by atoms with E-state index in [9.17, 15) is 0 Å². The predicted octanol–water partition coefficient (Wildman–Crippen LogP) is 2.96. The molecule has 1 fully saturated rings. The van der Waals surface area contributed by atoms with Crippen LogP contribution in [-0.2, 0) is 6.54 Å². The highest BCUT2D eigenvalue weighted by Crippen LogP contribution is 2.26. The van der Waals surface area contributed by atoms with Crippen LogP contribution >= 0.6 is 11.3 Å². The zero-order valence-corrected chi connectivity index (χ0v) is 12.4. The Bertz CT molecular complexity index is 521. The summed E-state index contributed by atoms with van der Waals surface area (Å²) in [5, 5.41) is 6.26. The SMILES string of the molecule is NCCC1CCCN(Cc2cc(-c3cccs3)on2)C1. The molecule has 0 aromatic carbocycles. The minimum atomic E-state index is 0.748. The third-order valence-electron chi connectivity index (χ3n) is 3.89. The minimum absolute atomic E-state index is 0.748. The Morgan fingerprint density at radius 2 is 2.45 bits per heavy atom. The summed E-state index contributed by atoms with van der Waals surface area (Å²) < 4.78 is 5.44. The summed E-state index contributed by atoms with van der Waals surface area (Å²) in [6.45, 7) is 3.97. The molecule has 1 unspecified atom stereocenters. The lowest BCUT2D eigenvalue weighted by Crippen LogP contribution is -2.35. The van der Waals surface area contributed by atoms with Gasteiger partial charge in [-0.05, 0) is 49.7 Å². The summed E-state index contributed by atoms with van der Waals surface area (Å²) in [6.07, 6.45) is 3.71. The number of piperidine rings is 1. The maximum Gasteiger partial charge on any atom is 0.177 e. The van der Waals surface area contributed by atoms with Crippen molar-refractivity contribution < 1.29 is 4.52 Å². The van der Waals surface area contributed by atoms with E-state index in [-0.39, 0.29) is 0 Å². The van der Waals surface area contributed by atoms with E-state index >= 15 is 0 Å². The second-order valence-corrected chi connectivity index (χ2v) is 6.43. The third-order valence-corrected chi connectivity index (χ3v) is 4.77. The second kappa shape index (κ2) is 6.52. The fourth-order valence-corrected chi connectivity index (χ4v) is 3.59. The molecule has 0 spiro atoms. The van der Waals surface area contributed by atoms with Gasteiger partial charge in [0, 0.05) is 19.2 Å². The second-order valence-electron chi connectivity index (χ2n) is 5.48. The maximum absolute atomic E-state index is 5.67. The number of nitrogens with zero attached hydrogens (tertiary/aromatic N) is 2. The first-order valence-corrected chi connectivity index (χ1v) is 8.15. The van der Waals surface area contributed by atoms with Gasteiger partial charge in [-0.15, -0.1) is 11.3 Å². The first-order chi connectivity index (χ1) is 9.85. The lowest BCUT2D eigenvalue weighted by Gasteiger charge is -2.31. The third kappa shape index (κ3) is 3.29. The van der Waals surface area contributed by atoms with E-state index in [2.05, 4.69) is 27.6 Å². The van der Waals surface area contributed by atoms with Crippen molar-refractivity contribution in [2.45, 2.75) is 25.8 Å². The van der Waals surface area contributed by atoms with Crippen LogP contribution in [0, 0.1) is 5.92 Å². The van der Waals surface area contributed by atoms with E-state index in [1.54, 1.807) is 11.3 Å². The summed E-state index contributed by atoms with van der Waals surface area (Å²) in [4.78, 5) is 3.61. The number of rotatable bonds is 5. The van der Waals surface area contributed by atoms with Gasteiger partial charge < -0.3 is 10.3 Å². The zero-order chi connectivity index (χ0) is 13.8. The van der Waals surface area contributed by atoms with Crippen molar-refractivity contribution in [1.29, 1.82) is 0 Å². The molecule has 2 aromatic heterocycles. The van der Waals surface area contributed by atoms with Crippen LogP contribution in [0.1, 0.15) is 25.0 Å². The van der Waals surface area contributed by atoms with Crippen molar-refractivity contribution in [3.63, 3.8) is 0 Å². The van der Waals surface area contributed by atoms with Gasteiger partial charge in [0.15, 0.2) is 5.76 Å². The first kappa shape index (κ1) is 13.8. The maximum atomic E-state index is 5.67. The molecule has 0 aliphatic carbocycles. The standard InChI is InChI=1S/C15H21N3OS/c16-6-5-12-3-1-7-18(10-12)11-13-9-14(19-17-13)15-4-2-8-20-15/h2,4,8-9,12H,1,3,5-7,10-11,16H2. The van der Waals surface area contributed by atoms with E-state index in [4.69, 9.17) is 10.3 Å². The molecule has 1 aliphatic heterocycles. The van der Waals surface area contributed by atoms with Gasteiger partial charge in [0.2, 0.25) is 0 Å². The number of likely N-dealkylation sites (tertiary alicyclic amines) is 1. The molecule has 1 saturated heterocycles. The highest BCUT2D eigenvalue weighted by Gasteiger charge is 2.20. The van der Waals surface area contributed by atoms with E-state index in [1.807, 2.05) is 6.07 Å². The molecule has 0 amide bonds. The quantitative estimate of drug-likeness (QED) is 0.920. The van der Waals surface area contributed by atoms with Crippen molar-refractivity contribution in [2.75, 3.05) is 19.6 Å². The van der Waals surface area contributed by atoms with Gasteiger partial charge in [-0.1, -0.05) is 11.2 Å². The molecule has 3 heterocycles. The molecule has 1 atom stereocenters. The number of hydrogen-bond acceptors (Lipinski definition) is 5. The van der Waals surface area contributed by atoms with Gasteiger partial charge >= 0.3 is 0 Å². The van der Waals surface area contributed by atoms with Gasteiger partial charge in [0.05, 0.1) is 10.6 Å². The summed E-state index contributed by atoms with van der Waals surface area (Å²) in [5.74, 6) is 1.63. The molecule has 5 heteroatoms. The van der Waals surface area contributed by atoms with Gasteiger partial charge in [-0.2, -0.15) is 0 Å². The van der Waals surface area contributed by atoms with Crippen LogP contribution in [0.3, 0.4) is 0 Å². The van der Waals surface area contributed by atoms with E-state index in [1.165, 1.54) is 12.8 Å². The average molecular weight is 291 g/mol. The molecule has 4 nitrogen and oxygen atoms in total. The van der Waals surface area contributed by atoms with Gasteiger partial charge in [0.1, 0.15) is 0 Å². The summed E-state index contributed by atoms with van der Waals surface area (Å²) in [5.41, 5.74) is 6.70. The molecule has 0 saturated carbocycles. The number of thiophene rings is 1. The van der Waals surface area contributed by atoms with Crippen LogP contribution in [0.2, 0.25) is 0 Å². The number of hydrogen-bond donors (Lipinski definition) is 1. The van der Waals surface area contributed by atoms with E-state index in [0.717, 1.165) is 54.8 Å². The van der Waals surface area contributed by atoms with Gasteiger partial charge in [-0.25, -0.2) is 0 Å². The molecular weight excluding hydrogens is 270 g/mol. The Morgan fingerprint density at radius 1 is 1.50 bits per heavy atom. The lowest BCUT2D eigenvalue weighted by atomic mass is 9.95. The lowest BCUT2D eigenvalue weighted by molar-refractivity contribution is 0.159. The van der Waals surface area contributed by atoms with Crippen LogP contribution in [0.5, 0.6) is 0 Å². The molecule has 0 radical (unpaired) electrons. The topological polar surface area (TPSA) is 55.3 Å². The van der Waals surface area contributed by atoms with E-state index < -0.39 is 0 Å². The van der Waals surface area contributed by atoms with Crippen molar-refractivity contribution in [1.82, 2.24) is 10.1 Å². The molecule has 2 N–H and O–H groups in total. The van der Waals surface area contributed by atoms with Crippen molar-refractivity contribution in [2.24, 2.45) is 11.7 Å². The molecule has 108 valence electrons.